The van der Waals surface area contributed by atoms with E-state index >= 15 is 0 Å². The van der Waals surface area contributed by atoms with E-state index in [0.29, 0.717) is 12.2 Å². The van der Waals surface area contributed by atoms with Crippen molar-refractivity contribution in [1.29, 1.82) is 0 Å². The molecule has 0 radical (unpaired) electrons. The molecule has 2 aromatic heterocycles. The summed E-state index contributed by atoms with van der Waals surface area (Å²) in [6.07, 6.45) is 3.59. The fraction of sp³-hybridized carbons (Fsp3) is 0.222. The molecule has 0 aliphatic carbocycles. The standard InChI is InChI=1S/C18H18BrN5O3/c1-3-27-18(26)16-8-15(22-23(16)2)17(25)21-14-6-4-5-12(7-14)10-24-11-13(19)9-20-24/h4-9,11H,3,10H2,1-2H3,(H,21,25). The average molecular weight is 432 g/mol. The Morgan fingerprint density at radius 3 is 2.81 bits per heavy atom. The number of aryl methyl sites for hydroxylation is 1. The Hall–Kier alpha value is -2.94. The number of rotatable bonds is 6. The number of nitrogens with one attached hydrogen (secondary N) is 1. The Morgan fingerprint density at radius 1 is 1.30 bits per heavy atom. The number of aromatic nitrogens is 4. The SMILES string of the molecule is CCOC(=O)c1cc(C(=O)Nc2cccc(Cn3cc(Br)cn3)c2)nn1C. The Labute approximate surface area is 164 Å². The molecule has 0 saturated carbocycles. The maximum Gasteiger partial charge on any atom is 0.356 e. The zero-order valence-electron chi connectivity index (χ0n) is 14.8. The van der Waals surface area contributed by atoms with Gasteiger partial charge in [0, 0.05) is 25.0 Å². The van der Waals surface area contributed by atoms with E-state index in [2.05, 4.69) is 31.4 Å². The first-order valence-corrected chi connectivity index (χ1v) is 9.05. The van der Waals surface area contributed by atoms with E-state index in [0.717, 1.165) is 10.0 Å². The summed E-state index contributed by atoms with van der Waals surface area (Å²) in [6, 6.07) is 8.87. The Kier molecular flexibility index (Phi) is 5.70. The number of hydrogen-bond acceptors (Lipinski definition) is 5. The number of hydrogen-bond donors (Lipinski definition) is 1. The van der Waals surface area contributed by atoms with Gasteiger partial charge in [-0.25, -0.2) is 4.79 Å². The van der Waals surface area contributed by atoms with Gasteiger partial charge in [0.1, 0.15) is 5.69 Å². The molecule has 3 aromatic rings. The van der Waals surface area contributed by atoms with Crippen LogP contribution in [0.3, 0.4) is 0 Å². The summed E-state index contributed by atoms with van der Waals surface area (Å²) < 4.78 is 8.97. The van der Waals surface area contributed by atoms with Gasteiger partial charge in [-0.1, -0.05) is 12.1 Å². The van der Waals surface area contributed by atoms with Crippen LogP contribution in [0.5, 0.6) is 0 Å². The molecule has 0 spiro atoms. The molecule has 0 aliphatic heterocycles. The molecule has 2 heterocycles. The van der Waals surface area contributed by atoms with Gasteiger partial charge in [0.2, 0.25) is 0 Å². The molecular weight excluding hydrogens is 414 g/mol. The molecule has 0 aliphatic rings. The van der Waals surface area contributed by atoms with E-state index < -0.39 is 11.9 Å². The minimum atomic E-state index is -0.515. The summed E-state index contributed by atoms with van der Waals surface area (Å²) in [6.45, 7) is 2.55. The number of ether oxygens (including phenoxy) is 1. The van der Waals surface area contributed by atoms with Crippen LogP contribution in [0.25, 0.3) is 0 Å². The van der Waals surface area contributed by atoms with Crippen LogP contribution in [0.1, 0.15) is 33.5 Å². The lowest BCUT2D eigenvalue weighted by Crippen LogP contribution is -2.13. The van der Waals surface area contributed by atoms with Crippen molar-refractivity contribution in [3.63, 3.8) is 0 Å². The molecule has 0 saturated heterocycles. The summed E-state index contributed by atoms with van der Waals surface area (Å²) in [5.74, 6) is -0.918. The van der Waals surface area contributed by atoms with Crippen LogP contribution >= 0.6 is 15.9 Å². The highest BCUT2D eigenvalue weighted by Gasteiger charge is 2.18. The number of esters is 1. The summed E-state index contributed by atoms with van der Waals surface area (Å²) >= 11 is 3.36. The van der Waals surface area contributed by atoms with Gasteiger partial charge in [-0.15, -0.1) is 0 Å². The lowest BCUT2D eigenvalue weighted by molar-refractivity contribution is 0.0513. The van der Waals surface area contributed by atoms with Gasteiger partial charge >= 0.3 is 5.97 Å². The van der Waals surface area contributed by atoms with Gasteiger partial charge in [0.25, 0.3) is 5.91 Å². The summed E-state index contributed by atoms with van der Waals surface area (Å²) in [4.78, 5) is 24.3. The second kappa shape index (κ2) is 8.17. The predicted octanol–water partition coefficient (Wildman–Crippen LogP) is 2.86. The molecule has 9 heteroatoms. The van der Waals surface area contributed by atoms with Gasteiger partial charge in [-0.05, 0) is 40.5 Å². The maximum atomic E-state index is 12.5. The number of halogens is 1. The minimum Gasteiger partial charge on any atom is -0.461 e. The van der Waals surface area contributed by atoms with Crippen molar-refractivity contribution < 1.29 is 14.3 Å². The lowest BCUT2D eigenvalue weighted by atomic mass is 10.2. The van der Waals surface area contributed by atoms with E-state index in [-0.39, 0.29) is 18.0 Å². The van der Waals surface area contributed by atoms with Crippen molar-refractivity contribution >= 4 is 33.5 Å². The van der Waals surface area contributed by atoms with Crippen molar-refractivity contribution in [2.75, 3.05) is 11.9 Å². The molecule has 1 amide bonds. The average Bonchev–Trinajstić information content (AvgIpc) is 3.21. The summed E-state index contributed by atoms with van der Waals surface area (Å²) in [5, 5.41) is 11.1. The van der Waals surface area contributed by atoms with E-state index in [1.165, 1.54) is 10.7 Å². The number of nitrogens with zero attached hydrogens (tertiary/aromatic N) is 4. The first kappa shape index (κ1) is 18.8. The topological polar surface area (TPSA) is 91.0 Å². The van der Waals surface area contributed by atoms with Crippen molar-refractivity contribution in [2.45, 2.75) is 13.5 Å². The van der Waals surface area contributed by atoms with Crippen molar-refractivity contribution in [3.8, 4) is 0 Å². The quantitative estimate of drug-likeness (QED) is 0.605. The van der Waals surface area contributed by atoms with Crippen LogP contribution in [-0.4, -0.2) is 38.0 Å². The fourth-order valence-corrected chi connectivity index (χ4v) is 2.86. The smallest absolute Gasteiger partial charge is 0.356 e. The maximum absolute atomic E-state index is 12.5. The van der Waals surface area contributed by atoms with Crippen LogP contribution in [0.4, 0.5) is 5.69 Å². The monoisotopic (exact) mass is 431 g/mol. The van der Waals surface area contributed by atoms with Crippen LogP contribution in [0.2, 0.25) is 0 Å². The third-order valence-electron chi connectivity index (χ3n) is 3.73. The van der Waals surface area contributed by atoms with Crippen molar-refractivity contribution in [2.24, 2.45) is 7.05 Å². The van der Waals surface area contributed by atoms with Gasteiger partial charge < -0.3 is 10.1 Å². The number of carbonyl (C=O) groups excluding carboxylic acids is 2. The number of amides is 1. The molecule has 1 aromatic carbocycles. The van der Waals surface area contributed by atoms with Crippen LogP contribution in [-0.2, 0) is 18.3 Å². The minimum absolute atomic E-state index is 0.141. The van der Waals surface area contributed by atoms with Crippen LogP contribution in [0, 0.1) is 0 Å². The van der Waals surface area contributed by atoms with Crippen molar-refractivity contribution in [3.05, 3.63) is 64.1 Å². The van der Waals surface area contributed by atoms with E-state index in [1.807, 2.05) is 24.4 Å². The van der Waals surface area contributed by atoms with Gasteiger partial charge in [0.15, 0.2) is 5.69 Å². The number of carbonyl (C=O) groups is 2. The Morgan fingerprint density at radius 2 is 2.11 bits per heavy atom. The molecule has 0 bridgehead atoms. The molecular formula is C18H18BrN5O3. The second-order valence-corrected chi connectivity index (χ2v) is 6.69. The number of anilines is 1. The predicted molar refractivity (Wildman–Crippen MR) is 103 cm³/mol. The lowest BCUT2D eigenvalue weighted by Gasteiger charge is -2.06. The van der Waals surface area contributed by atoms with E-state index in [1.54, 1.807) is 30.9 Å². The normalized spacial score (nSPS) is 10.6. The highest BCUT2D eigenvalue weighted by molar-refractivity contribution is 9.10. The molecule has 0 fully saturated rings. The number of benzene rings is 1. The molecule has 8 nitrogen and oxygen atoms in total. The summed E-state index contributed by atoms with van der Waals surface area (Å²) in [5.41, 5.74) is 1.98. The van der Waals surface area contributed by atoms with E-state index in [4.69, 9.17) is 4.74 Å². The zero-order chi connectivity index (χ0) is 19.4. The molecule has 3 rings (SSSR count). The highest BCUT2D eigenvalue weighted by atomic mass is 79.9. The third kappa shape index (κ3) is 4.62. The molecule has 0 atom stereocenters. The largest absolute Gasteiger partial charge is 0.461 e. The molecule has 0 unspecified atom stereocenters. The Balaban J connectivity index is 1.72. The first-order valence-electron chi connectivity index (χ1n) is 8.25. The summed E-state index contributed by atoms with van der Waals surface area (Å²) in [7, 11) is 1.59. The van der Waals surface area contributed by atoms with Crippen LogP contribution in [0.15, 0.2) is 47.2 Å². The third-order valence-corrected chi connectivity index (χ3v) is 4.14. The fourth-order valence-electron chi connectivity index (χ4n) is 2.53. The zero-order valence-corrected chi connectivity index (χ0v) is 16.4. The van der Waals surface area contributed by atoms with Gasteiger partial charge in [0.05, 0.1) is 23.8 Å². The molecule has 27 heavy (non-hydrogen) atoms. The Bertz CT molecular complexity index is 979. The molecule has 1 N–H and O–H groups in total. The first-order chi connectivity index (χ1) is 13.0. The highest BCUT2D eigenvalue weighted by Crippen LogP contribution is 2.15. The van der Waals surface area contributed by atoms with Crippen LogP contribution < -0.4 is 5.32 Å². The molecule has 140 valence electrons. The van der Waals surface area contributed by atoms with Gasteiger partial charge in [-0.3, -0.25) is 14.2 Å². The van der Waals surface area contributed by atoms with Crippen molar-refractivity contribution in [1.82, 2.24) is 19.6 Å². The second-order valence-electron chi connectivity index (χ2n) is 5.77. The van der Waals surface area contributed by atoms with Gasteiger partial charge in [-0.2, -0.15) is 10.2 Å². The van der Waals surface area contributed by atoms with E-state index in [9.17, 15) is 9.59 Å².